The molecule has 0 aliphatic rings. The van der Waals surface area contributed by atoms with E-state index >= 15 is 0 Å². The van der Waals surface area contributed by atoms with Gasteiger partial charge < -0.3 is 4.74 Å². The van der Waals surface area contributed by atoms with Crippen molar-refractivity contribution in [1.82, 2.24) is 19.7 Å². The average Bonchev–Trinajstić information content (AvgIpc) is 3.37. The van der Waals surface area contributed by atoms with Crippen molar-refractivity contribution in [3.05, 3.63) is 71.0 Å². The lowest BCUT2D eigenvalue weighted by Crippen LogP contribution is -1.95. The highest BCUT2D eigenvalue weighted by molar-refractivity contribution is 7.98. The lowest BCUT2D eigenvalue weighted by atomic mass is 10.2. The van der Waals surface area contributed by atoms with Gasteiger partial charge in [-0.05, 0) is 49.4 Å². The summed E-state index contributed by atoms with van der Waals surface area (Å²) in [6.45, 7) is 2.64. The van der Waals surface area contributed by atoms with Crippen LogP contribution in [-0.4, -0.2) is 26.4 Å². The van der Waals surface area contributed by atoms with Crippen molar-refractivity contribution >= 4 is 34.7 Å². The van der Waals surface area contributed by atoms with E-state index in [0.29, 0.717) is 17.4 Å². The molecule has 28 heavy (non-hydrogen) atoms. The van der Waals surface area contributed by atoms with Gasteiger partial charge in [0.2, 0.25) is 0 Å². The van der Waals surface area contributed by atoms with Crippen LogP contribution in [0.25, 0.3) is 16.3 Å². The second kappa shape index (κ2) is 8.77. The maximum atomic E-state index is 6.10. The largest absolute Gasteiger partial charge is 0.494 e. The zero-order valence-electron chi connectivity index (χ0n) is 15.1. The molecule has 2 heterocycles. The molecule has 0 radical (unpaired) electrons. The summed E-state index contributed by atoms with van der Waals surface area (Å²) in [6, 6.07) is 15.7. The Morgan fingerprint density at radius 1 is 1.18 bits per heavy atom. The lowest BCUT2D eigenvalue weighted by Gasteiger charge is -2.05. The number of thioether (sulfide) groups is 1. The molecular weight excluding hydrogens is 412 g/mol. The Morgan fingerprint density at radius 3 is 2.82 bits per heavy atom. The first-order chi connectivity index (χ1) is 13.7. The monoisotopic (exact) mass is 428 g/mol. The molecule has 142 valence electrons. The first-order valence-corrected chi connectivity index (χ1v) is 10.9. The number of rotatable bonds is 7. The maximum Gasteiger partial charge on any atom is 0.195 e. The third-order valence-electron chi connectivity index (χ3n) is 3.92. The van der Waals surface area contributed by atoms with E-state index in [1.165, 1.54) is 0 Å². The minimum absolute atomic E-state index is 0.664. The van der Waals surface area contributed by atoms with Crippen LogP contribution < -0.4 is 4.74 Å². The summed E-state index contributed by atoms with van der Waals surface area (Å²) in [5.74, 6) is 1.59. The smallest absolute Gasteiger partial charge is 0.195 e. The number of nitrogens with zero attached hydrogens (tertiary/aromatic N) is 4. The summed E-state index contributed by atoms with van der Waals surface area (Å²) in [5.41, 5.74) is 3.04. The summed E-state index contributed by atoms with van der Waals surface area (Å²) < 4.78 is 7.42. The number of hydrogen-bond donors (Lipinski definition) is 0. The molecule has 0 saturated heterocycles. The minimum atomic E-state index is 0.664. The van der Waals surface area contributed by atoms with Crippen LogP contribution in [0.3, 0.4) is 0 Å². The molecule has 4 aromatic rings. The van der Waals surface area contributed by atoms with Gasteiger partial charge >= 0.3 is 0 Å². The van der Waals surface area contributed by atoms with Crippen LogP contribution >= 0.6 is 34.7 Å². The Bertz CT molecular complexity index is 1060. The molecule has 8 heteroatoms. The van der Waals surface area contributed by atoms with Gasteiger partial charge in [-0.1, -0.05) is 29.4 Å². The van der Waals surface area contributed by atoms with Gasteiger partial charge in [0.1, 0.15) is 17.1 Å². The molecule has 2 aromatic heterocycles. The molecule has 4 rings (SSSR count). The van der Waals surface area contributed by atoms with Gasteiger partial charge in [-0.3, -0.25) is 4.57 Å². The van der Waals surface area contributed by atoms with Gasteiger partial charge in [-0.15, -0.1) is 21.5 Å². The zero-order valence-corrected chi connectivity index (χ0v) is 17.5. The van der Waals surface area contributed by atoms with E-state index in [9.17, 15) is 0 Å². The van der Waals surface area contributed by atoms with Gasteiger partial charge in [-0.25, -0.2) is 4.98 Å². The Hall–Kier alpha value is -2.35. The van der Waals surface area contributed by atoms with E-state index in [1.54, 1.807) is 29.4 Å². The van der Waals surface area contributed by atoms with E-state index in [2.05, 4.69) is 15.6 Å². The van der Waals surface area contributed by atoms with Crippen LogP contribution in [0.1, 0.15) is 12.6 Å². The van der Waals surface area contributed by atoms with Gasteiger partial charge in [0.25, 0.3) is 0 Å². The quantitative estimate of drug-likeness (QED) is 0.351. The van der Waals surface area contributed by atoms with Crippen LogP contribution in [0.15, 0.2) is 65.4 Å². The Kier molecular flexibility index (Phi) is 5.95. The van der Waals surface area contributed by atoms with Crippen molar-refractivity contribution in [3.63, 3.8) is 0 Å². The Labute approximate surface area is 176 Å². The summed E-state index contributed by atoms with van der Waals surface area (Å²) >= 11 is 9.33. The molecule has 0 fully saturated rings. The molecular formula is C20H17ClN4OS2. The molecule has 0 aliphatic heterocycles. The molecule has 0 spiro atoms. The van der Waals surface area contributed by atoms with E-state index in [4.69, 9.17) is 21.3 Å². The lowest BCUT2D eigenvalue weighted by molar-refractivity contribution is 0.340. The molecule has 0 saturated carbocycles. The van der Waals surface area contributed by atoms with Crippen molar-refractivity contribution in [3.8, 4) is 22.0 Å². The van der Waals surface area contributed by atoms with E-state index in [1.807, 2.05) is 60.0 Å². The van der Waals surface area contributed by atoms with Gasteiger partial charge in [0.15, 0.2) is 5.16 Å². The highest BCUT2D eigenvalue weighted by Gasteiger charge is 2.10. The third-order valence-corrected chi connectivity index (χ3v) is 6.07. The molecule has 0 aliphatic carbocycles. The summed E-state index contributed by atoms with van der Waals surface area (Å²) in [4.78, 5) is 4.75. The first-order valence-electron chi connectivity index (χ1n) is 8.69. The third kappa shape index (κ3) is 4.38. The summed E-state index contributed by atoms with van der Waals surface area (Å²) in [6.07, 6.45) is 1.69. The van der Waals surface area contributed by atoms with Crippen molar-refractivity contribution < 1.29 is 4.74 Å². The molecule has 0 bridgehead atoms. The number of thiazole rings is 1. The van der Waals surface area contributed by atoms with Crippen molar-refractivity contribution in [2.45, 2.75) is 17.8 Å². The summed E-state index contributed by atoms with van der Waals surface area (Å²) in [7, 11) is 0. The van der Waals surface area contributed by atoms with Crippen LogP contribution in [0.2, 0.25) is 5.02 Å². The predicted molar refractivity (Wildman–Crippen MR) is 115 cm³/mol. The number of halogens is 1. The minimum Gasteiger partial charge on any atom is -0.494 e. The molecule has 0 N–H and O–H groups in total. The van der Waals surface area contributed by atoms with E-state index in [-0.39, 0.29) is 0 Å². The van der Waals surface area contributed by atoms with E-state index in [0.717, 1.165) is 32.9 Å². The number of benzene rings is 2. The first kappa shape index (κ1) is 19.0. The number of aromatic nitrogens is 4. The number of hydrogen-bond acceptors (Lipinski definition) is 6. The standard InChI is InChI=1S/C20H17ClN4OS2/c1-2-26-18-8-6-14(7-9-18)19-23-16(11-27-19)12-28-20-24-22-13-25(20)17-5-3-4-15(21)10-17/h3-11,13H,2,12H2,1H3. The highest BCUT2D eigenvalue weighted by Crippen LogP contribution is 2.29. The maximum absolute atomic E-state index is 6.10. The van der Waals surface area contributed by atoms with Crippen LogP contribution in [0.4, 0.5) is 0 Å². The van der Waals surface area contributed by atoms with E-state index < -0.39 is 0 Å². The molecule has 5 nitrogen and oxygen atoms in total. The molecule has 0 amide bonds. The topological polar surface area (TPSA) is 52.8 Å². The van der Waals surface area contributed by atoms with Crippen molar-refractivity contribution in [2.24, 2.45) is 0 Å². The SMILES string of the molecule is CCOc1ccc(-c2nc(CSc3nncn3-c3cccc(Cl)c3)cs2)cc1. The second-order valence-electron chi connectivity index (χ2n) is 5.85. The fraction of sp³-hybridized carbons (Fsp3) is 0.150. The fourth-order valence-corrected chi connectivity index (χ4v) is 4.57. The van der Waals surface area contributed by atoms with Crippen LogP contribution in [0.5, 0.6) is 5.75 Å². The second-order valence-corrected chi connectivity index (χ2v) is 8.09. The molecule has 0 atom stereocenters. The van der Waals surface area contributed by atoms with Crippen molar-refractivity contribution in [1.29, 1.82) is 0 Å². The number of ether oxygens (including phenoxy) is 1. The average molecular weight is 429 g/mol. The molecule has 2 aromatic carbocycles. The summed E-state index contributed by atoms with van der Waals surface area (Å²) in [5, 5.41) is 12.8. The van der Waals surface area contributed by atoms with Gasteiger partial charge in [0, 0.05) is 21.7 Å². The normalized spacial score (nSPS) is 10.9. The highest BCUT2D eigenvalue weighted by atomic mass is 35.5. The van der Waals surface area contributed by atoms with Gasteiger partial charge in [0.05, 0.1) is 18.0 Å². The zero-order chi connectivity index (χ0) is 19.3. The fourth-order valence-electron chi connectivity index (χ4n) is 2.63. The van der Waals surface area contributed by atoms with Gasteiger partial charge in [-0.2, -0.15) is 0 Å². The predicted octanol–water partition coefficient (Wildman–Crippen LogP) is 5.74. The van der Waals surface area contributed by atoms with Crippen LogP contribution in [-0.2, 0) is 5.75 Å². The van der Waals surface area contributed by atoms with Crippen molar-refractivity contribution in [2.75, 3.05) is 6.61 Å². The molecule has 0 unspecified atom stereocenters. The van der Waals surface area contributed by atoms with Crippen LogP contribution in [0, 0.1) is 0 Å². The Morgan fingerprint density at radius 2 is 2.04 bits per heavy atom. The Balaban J connectivity index is 1.45.